The van der Waals surface area contributed by atoms with E-state index in [1.54, 1.807) is 36.5 Å². The molecule has 0 bridgehead atoms. The fourth-order valence-corrected chi connectivity index (χ4v) is 4.71. The van der Waals surface area contributed by atoms with Crippen LogP contribution in [0.2, 0.25) is 0 Å². The first-order valence-corrected chi connectivity index (χ1v) is 13.0. The summed E-state index contributed by atoms with van der Waals surface area (Å²) in [4.78, 5) is 14.0. The average molecular weight is 497 g/mol. The second-order valence-electron chi connectivity index (χ2n) is 8.37. The quantitative estimate of drug-likeness (QED) is 0.310. The van der Waals surface area contributed by atoms with Crippen LogP contribution in [0.3, 0.4) is 0 Å². The van der Waals surface area contributed by atoms with E-state index in [4.69, 9.17) is 0 Å². The van der Waals surface area contributed by atoms with Crippen LogP contribution in [0.25, 0.3) is 39.1 Å². The van der Waals surface area contributed by atoms with Crippen LogP contribution in [0, 0.1) is 5.82 Å². The molecule has 178 valence electrons. The summed E-state index contributed by atoms with van der Waals surface area (Å²) in [6.07, 6.45) is 2.71. The molecule has 0 saturated carbocycles. The van der Waals surface area contributed by atoms with Crippen molar-refractivity contribution in [3.8, 4) is 39.1 Å². The molecule has 0 fully saturated rings. The monoisotopic (exact) mass is 496 g/mol. The summed E-state index contributed by atoms with van der Waals surface area (Å²) in [7, 11) is -3.37. The van der Waals surface area contributed by atoms with Gasteiger partial charge in [0.25, 0.3) is 5.56 Å². The van der Waals surface area contributed by atoms with Crippen molar-refractivity contribution < 1.29 is 12.8 Å². The van der Waals surface area contributed by atoms with Crippen LogP contribution in [0.1, 0.15) is 0 Å². The molecule has 0 N–H and O–H groups in total. The molecule has 0 atom stereocenters. The van der Waals surface area contributed by atoms with Gasteiger partial charge in [0.15, 0.2) is 9.84 Å². The van der Waals surface area contributed by atoms with Crippen LogP contribution in [-0.4, -0.2) is 24.5 Å². The van der Waals surface area contributed by atoms with Crippen molar-refractivity contribution in [2.45, 2.75) is 4.90 Å². The summed E-state index contributed by atoms with van der Waals surface area (Å²) in [5.74, 6) is -0.414. The summed E-state index contributed by atoms with van der Waals surface area (Å²) >= 11 is 0. The molecule has 0 saturated heterocycles. The largest absolute Gasteiger partial charge is 0.279 e. The lowest BCUT2D eigenvalue weighted by Gasteiger charge is -2.14. The molecule has 4 aromatic carbocycles. The Labute approximate surface area is 208 Å². The number of rotatable bonds is 5. The molecule has 5 nitrogen and oxygen atoms in total. The van der Waals surface area contributed by atoms with Crippen molar-refractivity contribution in [1.29, 1.82) is 0 Å². The van der Waals surface area contributed by atoms with Crippen LogP contribution < -0.4 is 5.56 Å². The third kappa shape index (κ3) is 4.61. The Morgan fingerprint density at radius 3 is 2.03 bits per heavy atom. The van der Waals surface area contributed by atoms with Gasteiger partial charge in [-0.05, 0) is 58.7 Å². The van der Waals surface area contributed by atoms with Gasteiger partial charge in [-0.1, -0.05) is 66.7 Å². The molecule has 5 rings (SSSR count). The van der Waals surface area contributed by atoms with E-state index >= 15 is 0 Å². The van der Waals surface area contributed by atoms with Gasteiger partial charge in [-0.25, -0.2) is 12.8 Å². The van der Waals surface area contributed by atoms with Gasteiger partial charge < -0.3 is 0 Å². The first-order valence-electron chi connectivity index (χ1n) is 11.2. The van der Waals surface area contributed by atoms with Crippen LogP contribution in [0.4, 0.5) is 4.39 Å². The van der Waals surface area contributed by atoms with E-state index < -0.39 is 15.7 Å². The molecular weight excluding hydrogens is 475 g/mol. The number of nitrogens with zero attached hydrogens (tertiary/aromatic N) is 2. The van der Waals surface area contributed by atoms with Crippen molar-refractivity contribution in [2.75, 3.05) is 6.26 Å². The zero-order chi connectivity index (χ0) is 25.3. The molecule has 0 radical (unpaired) electrons. The van der Waals surface area contributed by atoms with Crippen LogP contribution in [0.15, 0.2) is 119 Å². The number of benzene rings is 4. The van der Waals surface area contributed by atoms with Crippen molar-refractivity contribution in [1.82, 2.24) is 9.78 Å². The van der Waals surface area contributed by atoms with E-state index in [2.05, 4.69) is 5.10 Å². The first kappa shape index (κ1) is 23.4. The van der Waals surface area contributed by atoms with Crippen molar-refractivity contribution in [2.24, 2.45) is 0 Å². The predicted octanol–water partition coefficient (Wildman–Crippen LogP) is 5.78. The van der Waals surface area contributed by atoms with Gasteiger partial charge >= 0.3 is 0 Å². The van der Waals surface area contributed by atoms with Crippen LogP contribution in [0.5, 0.6) is 0 Å². The van der Waals surface area contributed by atoms with Crippen molar-refractivity contribution in [3.63, 3.8) is 0 Å². The second kappa shape index (κ2) is 9.36. The maximum atomic E-state index is 13.8. The molecule has 5 aromatic rings. The Morgan fingerprint density at radius 2 is 1.36 bits per heavy atom. The Morgan fingerprint density at radius 1 is 0.722 bits per heavy atom. The minimum Gasteiger partial charge on any atom is -0.267 e. The second-order valence-corrected chi connectivity index (χ2v) is 10.4. The summed E-state index contributed by atoms with van der Waals surface area (Å²) < 4.78 is 38.8. The van der Waals surface area contributed by atoms with Crippen LogP contribution in [-0.2, 0) is 9.84 Å². The molecule has 0 aliphatic carbocycles. The lowest BCUT2D eigenvalue weighted by molar-refractivity contribution is 0.602. The van der Waals surface area contributed by atoms with E-state index in [1.807, 2.05) is 48.5 Å². The van der Waals surface area contributed by atoms with E-state index in [1.165, 1.54) is 28.9 Å². The Hall–Kier alpha value is -4.36. The van der Waals surface area contributed by atoms with Gasteiger partial charge in [0.1, 0.15) is 5.82 Å². The minimum absolute atomic E-state index is 0.175. The molecule has 0 aliphatic rings. The fourth-order valence-electron chi connectivity index (χ4n) is 4.08. The Kier molecular flexibility index (Phi) is 6.08. The van der Waals surface area contributed by atoms with Crippen molar-refractivity contribution >= 4 is 9.84 Å². The smallest absolute Gasteiger partial charge is 0.267 e. The molecule has 1 heterocycles. The summed E-state index contributed by atoms with van der Waals surface area (Å²) in [6.45, 7) is 0. The summed E-state index contributed by atoms with van der Waals surface area (Å²) in [6, 6.07) is 29.3. The van der Waals surface area contributed by atoms with E-state index in [-0.39, 0.29) is 10.5 Å². The highest BCUT2D eigenvalue weighted by atomic mass is 32.2. The number of aromatic nitrogens is 2. The van der Waals surface area contributed by atoms with Gasteiger partial charge in [0, 0.05) is 11.8 Å². The fraction of sp³-hybridized carbons (Fsp3) is 0.0345. The molecule has 36 heavy (non-hydrogen) atoms. The highest BCUT2D eigenvalue weighted by Crippen LogP contribution is 2.30. The molecule has 0 amide bonds. The number of hydrogen-bond donors (Lipinski definition) is 0. The molecular formula is C29H21FN2O3S. The lowest BCUT2D eigenvalue weighted by atomic mass is 9.97. The average Bonchev–Trinajstić information content (AvgIpc) is 2.89. The minimum atomic E-state index is -3.37. The first-order chi connectivity index (χ1) is 17.3. The molecule has 0 aliphatic heterocycles. The topological polar surface area (TPSA) is 69.0 Å². The summed E-state index contributed by atoms with van der Waals surface area (Å²) in [5.41, 5.74) is 4.15. The highest BCUT2D eigenvalue weighted by Gasteiger charge is 2.17. The van der Waals surface area contributed by atoms with Crippen LogP contribution >= 0.6 is 0 Å². The molecule has 7 heteroatoms. The lowest BCUT2D eigenvalue weighted by Crippen LogP contribution is -2.23. The molecule has 1 aromatic heterocycles. The molecule has 0 unspecified atom stereocenters. The van der Waals surface area contributed by atoms with Gasteiger partial charge in [-0.2, -0.15) is 9.78 Å². The normalized spacial score (nSPS) is 11.4. The van der Waals surface area contributed by atoms with E-state index in [0.717, 1.165) is 17.4 Å². The SMILES string of the molecule is CS(=O)(=O)c1ccc(-c2cnn(-c3cccc(-c4ccccc4)c3)c(=O)c2-c2ccc(F)cc2)cc1. The maximum Gasteiger partial charge on any atom is 0.279 e. The summed E-state index contributed by atoms with van der Waals surface area (Å²) in [5, 5.41) is 4.45. The third-order valence-electron chi connectivity index (χ3n) is 5.90. The third-order valence-corrected chi connectivity index (χ3v) is 7.03. The van der Waals surface area contributed by atoms with Gasteiger partial charge in [0.05, 0.1) is 22.3 Å². The zero-order valence-corrected chi connectivity index (χ0v) is 20.1. The van der Waals surface area contributed by atoms with Gasteiger partial charge in [0.2, 0.25) is 0 Å². The Balaban J connectivity index is 1.69. The predicted molar refractivity (Wildman–Crippen MR) is 139 cm³/mol. The van der Waals surface area contributed by atoms with E-state index in [9.17, 15) is 17.6 Å². The number of sulfone groups is 1. The highest BCUT2D eigenvalue weighted by molar-refractivity contribution is 7.90. The van der Waals surface area contributed by atoms with E-state index in [0.29, 0.717) is 27.9 Å². The van der Waals surface area contributed by atoms with Gasteiger partial charge in [-0.15, -0.1) is 0 Å². The number of halogens is 1. The zero-order valence-electron chi connectivity index (χ0n) is 19.3. The van der Waals surface area contributed by atoms with Gasteiger partial charge in [-0.3, -0.25) is 4.79 Å². The standard InChI is InChI=1S/C29H21FN2O3S/c1-36(34,35)26-16-12-21(13-17-26)27-19-31-32(29(33)28(27)22-10-14-24(30)15-11-22)25-9-5-8-23(18-25)20-6-3-2-4-7-20/h2-19H,1H3. The Bertz CT molecular complexity index is 1710. The maximum absolute atomic E-state index is 13.8. The molecule has 0 spiro atoms. The van der Waals surface area contributed by atoms with Crippen molar-refractivity contribution in [3.05, 3.63) is 125 Å². The number of hydrogen-bond acceptors (Lipinski definition) is 4.